The number of hydrogen-bond donors (Lipinski definition) is 2. The van der Waals surface area contributed by atoms with Gasteiger partial charge in [-0.3, -0.25) is 9.97 Å². The third kappa shape index (κ3) is 5.63. The van der Waals surface area contributed by atoms with Crippen LogP contribution in [0.2, 0.25) is 0 Å². The summed E-state index contributed by atoms with van der Waals surface area (Å²) in [5, 5.41) is 15.7. The summed E-state index contributed by atoms with van der Waals surface area (Å²) in [6.07, 6.45) is 7.33. The number of aromatic nitrogens is 2. The molecule has 5 heteroatoms. The molecule has 130 valence electrons. The fraction of sp³-hybridized carbons (Fsp3) is 0.450. The first-order valence-electron chi connectivity index (χ1n) is 8.98. The smallest absolute Gasteiger partial charge is 0.101 e. The molecule has 0 radical (unpaired) electrons. The van der Waals surface area contributed by atoms with E-state index in [1.165, 1.54) is 18.4 Å². The van der Waals surface area contributed by atoms with Gasteiger partial charge in [0, 0.05) is 31.5 Å². The molecule has 1 atom stereocenters. The van der Waals surface area contributed by atoms with Crippen molar-refractivity contribution in [1.29, 1.82) is 5.26 Å². The van der Waals surface area contributed by atoms with Gasteiger partial charge in [-0.05, 0) is 62.4 Å². The van der Waals surface area contributed by atoms with Gasteiger partial charge in [-0.1, -0.05) is 6.07 Å². The lowest BCUT2D eigenvalue weighted by molar-refractivity contribution is 0.487. The SMILES string of the molecule is CC(CCNCc1ccc(C#N)cn1)NCc1ccc(C2CC2)cn1. The van der Waals surface area contributed by atoms with Gasteiger partial charge in [0.25, 0.3) is 0 Å². The van der Waals surface area contributed by atoms with Gasteiger partial charge in [-0.25, -0.2) is 0 Å². The lowest BCUT2D eigenvalue weighted by Gasteiger charge is -2.14. The van der Waals surface area contributed by atoms with Gasteiger partial charge in [0.2, 0.25) is 0 Å². The number of rotatable bonds is 9. The molecule has 0 amide bonds. The fourth-order valence-electron chi connectivity index (χ4n) is 2.71. The summed E-state index contributed by atoms with van der Waals surface area (Å²) in [5.41, 5.74) is 4.04. The van der Waals surface area contributed by atoms with E-state index >= 15 is 0 Å². The first-order chi connectivity index (χ1) is 12.2. The first kappa shape index (κ1) is 17.5. The zero-order valence-corrected chi connectivity index (χ0v) is 14.7. The van der Waals surface area contributed by atoms with Crippen molar-refractivity contribution in [2.75, 3.05) is 6.54 Å². The normalized spacial score (nSPS) is 14.9. The predicted octanol–water partition coefficient (Wildman–Crippen LogP) is 2.88. The van der Waals surface area contributed by atoms with E-state index in [4.69, 9.17) is 5.26 Å². The van der Waals surface area contributed by atoms with E-state index in [1.54, 1.807) is 12.3 Å². The third-order valence-electron chi connectivity index (χ3n) is 4.54. The zero-order valence-electron chi connectivity index (χ0n) is 14.7. The summed E-state index contributed by atoms with van der Waals surface area (Å²) in [5.74, 6) is 0.769. The second kappa shape index (κ2) is 8.70. The average molecular weight is 335 g/mol. The summed E-state index contributed by atoms with van der Waals surface area (Å²) in [6, 6.07) is 10.6. The van der Waals surface area contributed by atoms with Crippen LogP contribution in [-0.4, -0.2) is 22.6 Å². The first-order valence-corrected chi connectivity index (χ1v) is 8.98. The van der Waals surface area contributed by atoms with Crippen molar-refractivity contribution in [3.8, 4) is 6.07 Å². The molecule has 3 rings (SSSR count). The Kier molecular flexibility index (Phi) is 6.10. The van der Waals surface area contributed by atoms with Gasteiger partial charge in [0.05, 0.1) is 17.0 Å². The van der Waals surface area contributed by atoms with Crippen LogP contribution in [0.1, 0.15) is 54.6 Å². The van der Waals surface area contributed by atoms with E-state index in [1.807, 2.05) is 12.3 Å². The molecule has 2 aromatic heterocycles. The molecule has 2 heterocycles. The Bertz CT molecular complexity index is 698. The molecule has 2 aromatic rings. The quantitative estimate of drug-likeness (QED) is 0.689. The highest BCUT2D eigenvalue weighted by Crippen LogP contribution is 2.39. The molecule has 0 saturated heterocycles. The molecule has 1 unspecified atom stereocenters. The van der Waals surface area contributed by atoms with Crippen LogP contribution in [0.4, 0.5) is 0 Å². The molecule has 0 spiro atoms. The minimum Gasteiger partial charge on any atom is -0.311 e. The predicted molar refractivity (Wildman–Crippen MR) is 97.8 cm³/mol. The largest absolute Gasteiger partial charge is 0.311 e. The molecular formula is C20H25N5. The molecule has 1 fully saturated rings. The highest BCUT2D eigenvalue weighted by Gasteiger charge is 2.23. The van der Waals surface area contributed by atoms with Gasteiger partial charge < -0.3 is 10.6 Å². The summed E-state index contributed by atoms with van der Waals surface area (Å²) in [4.78, 5) is 8.81. The average Bonchev–Trinajstić information content (AvgIpc) is 3.50. The van der Waals surface area contributed by atoms with Crippen LogP contribution < -0.4 is 10.6 Å². The third-order valence-corrected chi connectivity index (χ3v) is 4.54. The van der Waals surface area contributed by atoms with Crippen LogP contribution in [0.3, 0.4) is 0 Å². The number of nitrogens with zero attached hydrogens (tertiary/aromatic N) is 3. The second-order valence-electron chi connectivity index (χ2n) is 6.75. The molecule has 2 N–H and O–H groups in total. The van der Waals surface area contributed by atoms with E-state index in [2.05, 4.69) is 45.7 Å². The van der Waals surface area contributed by atoms with E-state index in [0.29, 0.717) is 11.6 Å². The van der Waals surface area contributed by atoms with Crippen LogP contribution in [-0.2, 0) is 13.1 Å². The molecule has 1 aliphatic carbocycles. The van der Waals surface area contributed by atoms with Gasteiger partial charge in [0.15, 0.2) is 0 Å². The number of pyridine rings is 2. The summed E-state index contributed by atoms with van der Waals surface area (Å²) in [6.45, 7) is 4.65. The van der Waals surface area contributed by atoms with E-state index in [9.17, 15) is 0 Å². The maximum absolute atomic E-state index is 8.76. The molecule has 1 aliphatic rings. The Morgan fingerprint density at radius 2 is 1.88 bits per heavy atom. The van der Waals surface area contributed by atoms with Crippen molar-refractivity contribution in [1.82, 2.24) is 20.6 Å². The van der Waals surface area contributed by atoms with Crippen LogP contribution in [0.25, 0.3) is 0 Å². The van der Waals surface area contributed by atoms with Crippen molar-refractivity contribution in [3.63, 3.8) is 0 Å². The van der Waals surface area contributed by atoms with Crippen molar-refractivity contribution < 1.29 is 0 Å². The number of hydrogen-bond acceptors (Lipinski definition) is 5. The molecule has 5 nitrogen and oxygen atoms in total. The zero-order chi connectivity index (χ0) is 17.5. The van der Waals surface area contributed by atoms with Gasteiger partial charge >= 0.3 is 0 Å². The fourth-order valence-corrected chi connectivity index (χ4v) is 2.71. The molecular weight excluding hydrogens is 310 g/mol. The van der Waals surface area contributed by atoms with Crippen molar-refractivity contribution in [2.24, 2.45) is 0 Å². The van der Waals surface area contributed by atoms with Crippen LogP contribution in [0.5, 0.6) is 0 Å². The molecule has 0 aromatic carbocycles. The standard InChI is InChI=1S/C20H25N5/c1-15(8-9-22-13-19-6-2-16(10-21)11-24-19)23-14-20-7-5-18(12-25-20)17-3-4-17/h2,5-7,11-12,15,17,22-23H,3-4,8-9,13-14H2,1H3. The maximum Gasteiger partial charge on any atom is 0.101 e. The second-order valence-corrected chi connectivity index (χ2v) is 6.75. The lowest BCUT2D eigenvalue weighted by Crippen LogP contribution is -2.30. The van der Waals surface area contributed by atoms with Crippen molar-refractivity contribution >= 4 is 0 Å². The van der Waals surface area contributed by atoms with E-state index in [0.717, 1.165) is 43.4 Å². The Morgan fingerprint density at radius 3 is 2.52 bits per heavy atom. The van der Waals surface area contributed by atoms with Crippen LogP contribution in [0, 0.1) is 11.3 Å². The maximum atomic E-state index is 8.76. The van der Waals surface area contributed by atoms with Gasteiger partial charge in [0.1, 0.15) is 6.07 Å². The molecule has 0 bridgehead atoms. The lowest BCUT2D eigenvalue weighted by atomic mass is 10.1. The highest BCUT2D eigenvalue weighted by molar-refractivity contribution is 5.26. The number of nitriles is 1. The summed E-state index contributed by atoms with van der Waals surface area (Å²) >= 11 is 0. The highest BCUT2D eigenvalue weighted by atomic mass is 14.9. The monoisotopic (exact) mass is 335 g/mol. The van der Waals surface area contributed by atoms with Crippen LogP contribution in [0.15, 0.2) is 36.7 Å². The van der Waals surface area contributed by atoms with Gasteiger partial charge in [-0.2, -0.15) is 5.26 Å². The molecule has 25 heavy (non-hydrogen) atoms. The Hall–Kier alpha value is -2.29. The van der Waals surface area contributed by atoms with Crippen molar-refractivity contribution in [3.05, 3.63) is 59.2 Å². The van der Waals surface area contributed by atoms with Crippen LogP contribution >= 0.6 is 0 Å². The minimum atomic E-state index is 0.423. The van der Waals surface area contributed by atoms with E-state index < -0.39 is 0 Å². The molecule has 0 aliphatic heterocycles. The Balaban J connectivity index is 1.30. The minimum absolute atomic E-state index is 0.423. The molecule has 1 saturated carbocycles. The Labute approximate surface area is 149 Å². The van der Waals surface area contributed by atoms with Crippen molar-refractivity contribution in [2.45, 2.75) is 51.2 Å². The Morgan fingerprint density at radius 1 is 1.12 bits per heavy atom. The number of nitrogens with one attached hydrogen (secondary N) is 2. The van der Waals surface area contributed by atoms with E-state index in [-0.39, 0.29) is 0 Å². The van der Waals surface area contributed by atoms with Gasteiger partial charge in [-0.15, -0.1) is 0 Å². The topological polar surface area (TPSA) is 73.6 Å². The summed E-state index contributed by atoms with van der Waals surface area (Å²) < 4.78 is 0. The summed E-state index contributed by atoms with van der Waals surface area (Å²) in [7, 11) is 0.